The summed E-state index contributed by atoms with van der Waals surface area (Å²) >= 11 is 0. The van der Waals surface area contributed by atoms with Gasteiger partial charge in [0.15, 0.2) is 17.3 Å². The third-order valence-corrected chi connectivity index (χ3v) is 2.79. The number of ether oxygens (including phenoxy) is 1. The van der Waals surface area contributed by atoms with Gasteiger partial charge >= 0.3 is 6.18 Å². The SMILES string of the molecule is COc1ccc(C(=O)c2cnccc2C(F)(F)F)cc1F. The largest absolute Gasteiger partial charge is 0.494 e. The highest BCUT2D eigenvalue weighted by Crippen LogP contribution is 2.32. The number of carbonyl (C=O) groups excluding carboxylic acids is 1. The molecule has 21 heavy (non-hydrogen) atoms. The van der Waals surface area contributed by atoms with Crippen LogP contribution in [0.2, 0.25) is 0 Å². The molecule has 0 saturated carbocycles. The van der Waals surface area contributed by atoms with E-state index in [2.05, 4.69) is 9.72 Å². The number of methoxy groups -OCH3 is 1. The van der Waals surface area contributed by atoms with Gasteiger partial charge in [-0.15, -0.1) is 0 Å². The van der Waals surface area contributed by atoms with Crippen molar-refractivity contribution in [2.75, 3.05) is 7.11 Å². The van der Waals surface area contributed by atoms with Crippen molar-refractivity contribution in [3.63, 3.8) is 0 Å². The molecule has 110 valence electrons. The molecule has 0 spiro atoms. The number of halogens is 4. The fraction of sp³-hybridized carbons (Fsp3) is 0.143. The minimum atomic E-state index is -4.70. The summed E-state index contributed by atoms with van der Waals surface area (Å²) in [5.74, 6) is -1.90. The van der Waals surface area contributed by atoms with Gasteiger partial charge in [0.2, 0.25) is 0 Å². The van der Waals surface area contributed by atoms with Crippen LogP contribution in [0.4, 0.5) is 17.6 Å². The van der Waals surface area contributed by atoms with Crippen LogP contribution < -0.4 is 4.74 Å². The van der Waals surface area contributed by atoms with Gasteiger partial charge in [-0.3, -0.25) is 9.78 Å². The minimum absolute atomic E-state index is 0.103. The first-order valence-corrected chi connectivity index (χ1v) is 5.74. The number of rotatable bonds is 3. The lowest BCUT2D eigenvalue weighted by Gasteiger charge is -2.11. The Morgan fingerprint density at radius 3 is 2.52 bits per heavy atom. The maximum absolute atomic E-state index is 13.5. The summed E-state index contributed by atoms with van der Waals surface area (Å²) in [5.41, 5.74) is -1.96. The molecule has 0 N–H and O–H groups in total. The number of nitrogens with zero attached hydrogens (tertiary/aromatic N) is 1. The number of carbonyl (C=O) groups is 1. The van der Waals surface area contributed by atoms with Crippen LogP contribution >= 0.6 is 0 Å². The van der Waals surface area contributed by atoms with E-state index in [0.717, 1.165) is 18.5 Å². The van der Waals surface area contributed by atoms with Crippen molar-refractivity contribution in [1.29, 1.82) is 0 Å². The van der Waals surface area contributed by atoms with Gasteiger partial charge in [0.05, 0.1) is 18.2 Å². The van der Waals surface area contributed by atoms with Gasteiger partial charge in [0.25, 0.3) is 0 Å². The highest BCUT2D eigenvalue weighted by molar-refractivity contribution is 6.09. The molecule has 0 fully saturated rings. The van der Waals surface area contributed by atoms with Crippen LogP contribution in [0, 0.1) is 5.82 Å². The maximum Gasteiger partial charge on any atom is 0.417 e. The zero-order chi connectivity index (χ0) is 15.6. The van der Waals surface area contributed by atoms with Crippen molar-refractivity contribution in [3.05, 3.63) is 59.2 Å². The second kappa shape index (κ2) is 5.51. The summed E-state index contributed by atoms with van der Waals surface area (Å²) in [4.78, 5) is 15.6. The number of alkyl halides is 3. The van der Waals surface area contributed by atoms with E-state index in [-0.39, 0.29) is 11.3 Å². The van der Waals surface area contributed by atoms with Crippen molar-refractivity contribution in [1.82, 2.24) is 4.98 Å². The monoisotopic (exact) mass is 299 g/mol. The average molecular weight is 299 g/mol. The second-order valence-corrected chi connectivity index (χ2v) is 4.10. The molecule has 0 aliphatic carbocycles. The number of hydrogen-bond acceptors (Lipinski definition) is 3. The Morgan fingerprint density at radius 1 is 1.24 bits per heavy atom. The van der Waals surface area contributed by atoms with Crippen LogP contribution in [0.5, 0.6) is 5.75 Å². The molecule has 1 aromatic carbocycles. The van der Waals surface area contributed by atoms with Crippen LogP contribution in [0.1, 0.15) is 21.5 Å². The van der Waals surface area contributed by atoms with E-state index in [0.29, 0.717) is 6.07 Å². The first-order chi connectivity index (χ1) is 9.84. The van der Waals surface area contributed by atoms with E-state index in [1.807, 2.05) is 0 Å². The van der Waals surface area contributed by atoms with E-state index in [9.17, 15) is 22.4 Å². The zero-order valence-corrected chi connectivity index (χ0v) is 10.7. The summed E-state index contributed by atoms with van der Waals surface area (Å²) < 4.78 is 56.8. The van der Waals surface area contributed by atoms with Crippen molar-refractivity contribution in [2.24, 2.45) is 0 Å². The fourth-order valence-corrected chi connectivity index (χ4v) is 1.79. The van der Waals surface area contributed by atoms with Gasteiger partial charge < -0.3 is 4.74 Å². The summed E-state index contributed by atoms with van der Waals surface area (Å²) in [6.45, 7) is 0. The Morgan fingerprint density at radius 2 is 1.95 bits per heavy atom. The molecule has 0 amide bonds. The van der Waals surface area contributed by atoms with Crippen molar-refractivity contribution < 1.29 is 27.1 Å². The molecule has 1 aromatic heterocycles. The van der Waals surface area contributed by atoms with Gasteiger partial charge in [-0.05, 0) is 24.3 Å². The molecule has 0 unspecified atom stereocenters. The lowest BCUT2D eigenvalue weighted by Crippen LogP contribution is -2.14. The van der Waals surface area contributed by atoms with Crippen LogP contribution in [-0.4, -0.2) is 17.9 Å². The summed E-state index contributed by atoms with van der Waals surface area (Å²) in [6.07, 6.45) is -2.94. The first kappa shape index (κ1) is 15.0. The van der Waals surface area contributed by atoms with Gasteiger partial charge in [0, 0.05) is 18.0 Å². The van der Waals surface area contributed by atoms with Crippen LogP contribution in [-0.2, 0) is 6.18 Å². The van der Waals surface area contributed by atoms with E-state index in [4.69, 9.17) is 0 Å². The molecule has 0 saturated heterocycles. The smallest absolute Gasteiger partial charge is 0.417 e. The number of ketones is 1. The predicted octanol–water partition coefficient (Wildman–Crippen LogP) is 3.48. The molecule has 3 nitrogen and oxygen atoms in total. The highest BCUT2D eigenvalue weighted by Gasteiger charge is 2.35. The summed E-state index contributed by atoms with van der Waals surface area (Å²) in [7, 11) is 1.24. The Balaban J connectivity index is 2.48. The molecule has 7 heteroatoms. The highest BCUT2D eigenvalue weighted by atomic mass is 19.4. The van der Waals surface area contributed by atoms with Crippen LogP contribution in [0.25, 0.3) is 0 Å². The minimum Gasteiger partial charge on any atom is -0.494 e. The first-order valence-electron chi connectivity index (χ1n) is 5.74. The van der Waals surface area contributed by atoms with Gasteiger partial charge in [-0.25, -0.2) is 4.39 Å². The van der Waals surface area contributed by atoms with Crippen LogP contribution in [0.3, 0.4) is 0 Å². The fourth-order valence-electron chi connectivity index (χ4n) is 1.79. The topological polar surface area (TPSA) is 39.2 Å². The molecular formula is C14H9F4NO2. The Kier molecular flexibility index (Phi) is 3.93. The normalized spacial score (nSPS) is 11.3. The van der Waals surface area contributed by atoms with Gasteiger partial charge in [-0.2, -0.15) is 13.2 Å². The maximum atomic E-state index is 13.5. The number of hydrogen-bond donors (Lipinski definition) is 0. The van der Waals surface area contributed by atoms with E-state index < -0.39 is 28.9 Å². The number of pyridine rings is 1. The molecule has 0 aliphatic rings. The molecule has 0 atom stereocenters. The summed E-state index contributed by atoms with van der Waals surface area (Å²) in [5, 5.41) is 0. The molecular weight excluding hydrogens is 290 g/mol. The van der Waals surface area contributed by atoms with E-state index in [1.165, 1.54) is 19.2 Å². The Labute approximate surface area is 117 Å². The molecule has 1 heterocycles. The van der Waals surface area contributed by atoms with E-state index in [1.54, 1.807) is 0 Å². The third kappa shape index (κ3) is 3.01. The molecule has 0 bridgehead atoms. The van der Waals surface area contributed by atoms with Crippen LogP contribution in [0.15, 0.2) is 36.7 Å². The number of aromatic nitrogens is 1. The van der Waals surface area contributed by atoms with Crippen molar-refractivity contribution in [3.8, 4) is 5.75 Å². The van der Waals surface area contributed by atoms with Crippen molar-refractivity contribution in [2.45, 2.75) is 6.18 Å². The molecule has 2 rings (SSSR count). The summed E-state index contributed by atoms with van der Waals surface area (Å²) in [6, 6.07) is 3.89. The predicted molar refractivity (Wildman–Crippen MR) is 65.6 cm³/mol. The lowest BCUT2D eigenvalue weighted by atomic mass is 10.00. The quantitative estimate of drug-likeness (QED) is 0.643. The Bertz CT molecular complexity index is 683. The Hall–Kier alpha value is -2.44. The van der Waals surface area contributed by atoms with Crippen molar-refractivity contribution >= 4 is 5.78 Å². The van der Waals surface area contributed by atoms with E-state index >= 15 is 0 Å². The average Bonchev–Trinajstić information content (AvgIpc) is 2.45. The number of benzene rings is 1. The lowest BCUT2D eigenvalue weighted by molar-refractivity contribution is -0.137. The molecule has 2 aromatic rings. The standard InChI is InChI=1S/C14H9F4NO2/c1-21-12-3-2-8(6-11(12)15)13(20)9-7-19-5-4-10(9)14(16,17)18/h2-7H,1H3. The van der Waals surface area contributed by atoms with Gasteiger partial charge in [-0.1, -0.05) is 0 Å². The zero-order valence-electron chi connectivity index (χ0n) is 10.7. The van der Waals surface area contributed by atoms with Gasteiger partial charge in [0.1, 0.15) is 0 Å². The third-order valence-electron chi connectivity index (χ3n) is 2.79. The molecule has 0 aliphatic heterocycles. The molecule has 0 radical (unpaired) electrons. The second-order valence-electron chi connectivity index (χ2n) is 4.10.